The van der Waals surface area contributed by atoms with Crippen molar-refractivity contribution in [2.75, 3.05) is 0 Å². The molecule has 0 N–H and O–H groups in total. The standard InChI is InChI=1S/C18H43O3Si4/c1-8-9-10-11-12-13-14-15-16-17-18-25(19-22(2)3,20-23(4)5)21-24(6)7/h8-18H2,1-7H3. The van der Waals surface area contributed by atoms with E-state index in [-0.39, 0.29) is 0 Å². The average Bonchev–Trinajstić information content (AvgIpc) is 2.47. The van der Waals surface area contributed by atoms with Gasteiger partial charge in [-0.25, -0.2) is 0 Å². The fraction of sp³-hybridized carbons (Fsp3) is 1.00. The first-order chi connectivity index (χ1) is 11.8. The third kappa shape index (κ3) is 15.5. The van der Waals surface area contributed by atoms with Crippen molar-refractivity contribution in [3.8, 4) is 0 Å². The van der Waals surface area contributed by atoms with Crippen LogP contribution in [0.4, 0.5) is 0 Å². The molecule has 0 aliphatic heterocycles. The van der Waals surface area contributed by atoms with E-state index in [0.717, 1.165) is 6.04 Å². The van der Waals surface area contributed by atoms with Crippen LogP contribution >= 0.6 is 0 Å². The molecule has 149 valence electrons. The van der Waals surface area contributed by atoms with Gasteiger partial charge in [-0.1, -0.05) is 64.7 Å². The van der Waals surface area contributed by atoms with E-state index in [1.165, 1.54) is 64.2 Å². The smallest absolute Gasteiger partial charge is 0.416 e. The summed E-state index contributed by atoms with van der Waals surface area (Å²) in [6.07, 6.45) is 13.6. The third-order valence-corrected chi connectivity index (χ3v) is 13.5. The molecule has 0 rings (SSSR count). The Bertz CT molecular complexity index is 276. The van der Waals surface area contributed by atoms with Crippen molar-refractivity contribution in [1.29, 1.82) is 0 Å². The van der Waals surface area contributed by atoms with Crippen LogP contribution < -0.4 is 0 Å². The molecule has 0 aromatic heterocycles. The zero-order valence-electron chi connectivity index (χ0n) is 18.0. The average molecular weight is 420 g/mol. The van der Waals surface area contributed by atoms with Gasteiger partial charge in [0.15, 0.2) is 27.1 Å². The SMILES string of the molecule is CCCCCCCCCCCC[Si](O[Si](C)C)(O[Si](C)C)O[Si](C)C. The molecule has 7 heteroatoms. The Kier molecular flexibility index (Phi) is 16.2. The molecule has 0 aliphatic rings. The lowest BCUT2D eigenvalue weighted by Crippen LogP contribution is -2.53. The summed E-state index contributed by atoms with van der Waals surface area (Å²) in [4.78, 5) is 0. The first-order valence-corrected chi connectivity index (χ1v) is 19.4. The van der Waals surface area contributed by atoms with Crippen LogP contribution in [0.25, 0.3) is 0 Å². The van der Waals surface area contributed by atoms with Crippen molar-refractivity contribution < 1.29 is 12.3 Å². The van der Waals surface area contributed by atoms with Gasteiger partial charge < -0.3 is 12.3 Å². The van der Waals surface area contributed by atoms with E-state index in [2.05, 4.69) is 46.2 Å². The van der Waals surface area contributed by atoms with Crippen LogP contribution in [0.2, 0.25) is 45.3 Å². The van der Waals surface area contributed by atoms with Gasteiger partial charge in [0.25, 0.3) is 0 Å². The van der Waals surface area contributed by atoms with Crippen molar-refractivity contribution in [2.24, 2.45) is 0 Å². The molecule has 0 aromatic carbocycles. The van der Waals surface area contributed by atoms with E-state index in [0.29, 0.717) is 0 Å². The summed E-state index contributed by atoms with van der Waals surface area (Å²) in [5.74, 6) is 0. The van der Waals surface area contributed by atoms with Crippen molar-refractivity contribution in [1.82, 2.24) is 0 Å². The predicted molar refractivity (Wildman–Crippen MR) is 118 cm³/mol. The number of hydrogen-bond acceptors (Lipinski definition) is 3. The highest BCUT2D eigenvalue weighted by Gasteiger charge is 2.42. The van der Waals surface area contributed by atoms with Crippen LogP contribution in [0.5, 0.6) is 0 Å². The summed E-state index contributed by atoms with van der Waals surface area (Å²) in [6.45, 7) is 15.5. The quantitative estimate of drug-likeness (QED) is 0.195. The lowest BCUT2D eigenvalue weighted by molar-refractivity contribution is 0.266. The molecule has 3 nitrogen and oxygen atoms in total. The summed E-state index contributed by atoms with van der Waals surface area (Å²) < 4.78 is 19.2. The highest BCUT2D eigenvalue weighted by Crippen LogP contribution is 2.23. The highest BCUT2D eigenvalue weighted by atomic mass is 28.5. The summed E-state index contributed by atoms with van der Waals surface area (Å²) in [5.41, 5.74) is 0. The van der Waals surface area contributed by atoms with Crippen LogP contribution in [0.1, 0.15) is 71.1 Å². The number of rotatable bonds is 17. The molecule has 0 aliphatic carbocycles. The molecule has 0 saturated carbocycles. The predicted octanol–water partition coefficient (Wildman–Crippen LogP) is 6.65. The Morgan fingerprint density at radius 2 is 0.840 bits per heavy atom. The van der Waals surface area contributed by atoms with Gasteiger partial charge in [-0.05, 0) is 45.7 Å². The third-order valence-electron chi connectivity index (χ3n) is 3.92. The largest absolute Gasteiger partial charge is 0.469 e. The second-order valence-corrected chi connectivity index (χ2v) is 17.4. The maximum absolute atomic E-state index is 6.39. The van der Waals surface area contributed by atoms with Crippen molar-refractivity contribution in [3.05, 3.63) is 0 Å². The fourth-order valence-corrected chi connectivity index (χ4v) is 14.0. The van der Waals surface area contributed by atoms with Crippen LogP contribution in [-0.2, 0) is 12.3 Å². The van der Waals surface area contributed by atoms with E-state index in [9.17, 15) is 0 Å². The molecule has 0 bridgehead atoms. The Labute approximate surface area is 164 Å². The normalized spacial score (nSPS) is 12.7. The van der Waals surface area contributed by atoms with E-state index in [1.807, 2.05) is 0 Å². The van der Waals surface area contributed by atoms with Gasteiger partial charge in [0.2, 0.25) is 0 Å². The highest BCUT2D eigenvalue weighted by molar-refractivity contribution is 6.79. The number of unbranched alkanes of at least 4 members (excludes halogenated alkanes) is 9. The molecule has 0 atom stereocenters. The van der Waals surface area contributed by atoms with Crippen molar-refractivity contribution >= 4 is 35.9 Å². The minimum atomic E-state index is -2.44. The van der Waals surface area contributed by atoms with Crippen LogP contribution in [0, 0.1) is 0 Å². The molecule has 0 amide bonds. The van der Waals surface area contributed by atoms with Crippen molar-refractivity contribution in [3.63, 3.8) is 0 Å². The number of hydrogen-bond donors (Lipinski definition) is 0. The molecule has 0 aromatic rings. The second kappa shape index (κ2) is 15.8. The molecule has 0 unspecified atom stereocenters. The Balaban J connectivity index is 4.15. The van der Waals surface area contributed by atoms with Gasteiger partial charge in [0.05, 0.1) is 0 Å². The Hall–Kier alpha value is 0.748. The van der Waals surface area contributed by atoms with Crippen LogP contribution in [-0.4, -0.2) is 35.9 Å². The molecular formula is C18H43O3Si4. The van der Waals surface area contributed by atoms with Gasteiger partial charge in [-0.3, -0.25) is 0 Å². The molecule has 3 radical (unpaired) electrons. The molecule has 25 heavy (non-hydrogen) atoms. The fourth-order valence-electron chi connectivity index (χ4n) is 2.98. The van der Waals surface area contributed by atoms with Gasteiger partial charge in [0.1, 0.15) is 0 Å². The topological polar surface area (TPSA) is 27.7 Å². The van der Waals surface area contributed by atoms with E-state index in [4.69, 9.17) is 12.3 Å². The van der Waals surface area contributed by atoms with Gasteiger partial charge in [0, 0.05) is 6.04 Å². The Morgan fingerprint density at radius 3 is 1.16 bits per heavy atom. The van der Waals surface area contributed by atoms with Gasteiger partial charge in [-0.2, -0.15) is 0 Å². The van der Waals surface area contributed by atoms with Crippen molar-refractivity contribution in [2.45, 2.75) is 116 Å². The van der Waals surface area contributed by atoms with Gasteiger partial charge >= 0.3 is 8.80 Å². The van der Waals surface area contributed by atoms with Crippen LogP contribution in [0.3, 0.4) is 0 Å². The summed E-state index contributed by atoms with van der Waals surface area (Å²) >= 11 is 0. The molecule has 0 fully saturated rings. The van der Waals surface area contributed by atoms with Crippen LogP contribution in [0.15, 0.2) is 0 Å². The zero-order valence-corrected chi connectivity index (χ0v) is 22.0. The first kappa shape index (κ1) is 25.7. The lowest BCUT2D eigenvalue weighted by Gasteiger charge is -2.34. The summed E-state index contributed by atoms with van der Waals surface area (Å²) in [6, 6.07) is 1.02. The molecular weight excluding hydrogens is 377 g/mol. The minimum Gasteiger partial charge on any atom is -0.416 e. The van der Waals surface area contributed by atoms with Gasteiger partial charge in [-0.15, -0.1) is 0 Å². The lowest BCUT2D eigenvalue weighted by atomic mass is 10.1. The maximum atomic E-state index is 6.39. The zero-order chi connectivity index (χ0) is 19.1. The second-order valence-electron chi connectivity index (χ2n) is 7.65. The van der Waals surface area contributed by atoms with E-state index >= 15 is 0 Å². The molecule has 0 saturated heterocycles. The monoisotopic (exact) mass is 419 g/mol. The maximum Gasteiger partial charge on any atom is 0.469 e. The van der Waals surface area contributed by atoms with E-state index < -0.39 is 35.9 Å². The summed E-state index contributed by atoms with van der Waals surface area (Å²) in [5, 5.41) is 0. The first-order valence-electron chi connectivity index (χ1n) is 10.3. The molecule has 0 spiro atoms. The summed E-state index contributed by atoms with van der Waals surface area (Å²) in [7, 11) is -4.83. The minimum absolute atomic E-state index is 0.798. The Morgan fingerprint density at radius 1 is 0.520 bits per heavy atom. The molecule has 0 heterocycles. The van der Waals surface area contributed by atoms with E-state index in [1.54, 1.807) is 0 Å².